The molecule has 37 heavy (non-hydrogen) atoms. The minimum absolute atomic E-state index is 0.0725. The van der Waals surface area contributed by atoms with Crippen molar-refractivity contribution < 1.29 is 14.7 Å². The number of carbonyl (C=O) groups is 2. The number of benzene rings is 3. The lowest BCUT2D eigenvalue weighted by atomic mass is 10.0. The van der Waals surface area contributed by atoms with Gasteiger partial charge in [0.1, 0.15) is 0 Å². The summed E-state index contributed by atoms with van der Waals surface area (Å²) < 4.78 is 2.42. The van der Waals surface area contributed by atoms with Crippen LogP contribution in [0.3, 0.4) is 0 Å². The fourth-order valence-corrected chi connectivity index (χ4v) is 5.34. The average Bonchev–Trinajstić information content (AvgIpc) is 3.26. The van der Waals surface area contributed by atoms with Crippen molar-refractivity contribution in [2.24, 2.45) is 0 Å². The molecule has 0 aliphatic carbocycles. The Balaban J connectivity index is 1.47. The van der Waals surface area contributed by atoms with Gasteiger partial charge in [-0.1, -0.05) is 60.6 Å². The Morgan fingerprint density at radius 1 is 1.14 bits per heavy atom. The van der Waals surface area contributed by atoms with E-state index in [0.29, 0.717) is 21.1 Å². The number of hydrogen-bond acceptors (Lipinski definition) is 6. The summed E-state index contributed by atoms with van der Waals surface area (Å²) in [5, 5.41) is 26.2. The first-order valence-electron chi connectivity index (χ1n) is 11.6. The van der Waals surface area contributed by atoms with Crippen molar-refractivity contribution in [3.63, 3.8) is 0 Å². The molecule has 3 N–H and O–H groups in total. The fraction of sp³-hybridized carbons (Fsp3) is 0.231. The molecule has 2 amide bonds. The number of thioether (sulfide) groups is 1. The van der Waals surface area contributed by atoms with Crippen molar-refractivity contribution >= 4 is 67.6 Å². The van der Waals surface area contributed by atoms with Gasteiger partial charge >= 0.3 is 0 Å². The summed E-state index contributed by atoms with van der Waals surface area (Å²) in [6.45, 7) is 3.84. The molecule has 0 aliphatic heterocycles. The summed E-state index contributed by atoms with van der Waals surface area (Å²) in [7, 11) is 0. The second-order valence-corrected chi connectivity index (χ2v) is 10.4. The molecule has 1 atom stereocenters. The standard InChI is InChI=1S/C26H25BrClN5O3S/c1-3-16-9-11-22(19-7-5-4-6-18(16)19)33-25(27)31-32-26(33)37-14-23(35)30-21-10-8-17(12-20(21)28)24(36)29-13-15(2)34/h4-12,15,34H,3,13-14H2,1-2H3,(H,29,36)(H,30,35). The minimum atomic E-state index is -0.656. The van der Waals surface area contributed by atoms with E-state index >= 15 is 0 Å². The number of aliphatic hydroxyl groups is 1. The van der Waals surface area contributed by atoms with Crippen molar-refractivity contribution in [2.75, 3.05) is 17.6 Å². The van der Waals surface area contributed by atoms with E-state index in [0.717, 1.165) is 22.9 Å². The second-order valence-electron chi connectivity index (χ2n) is 8.32. The van der Waals surface area contributed by atoms with Gasteiger partial charge in [0.15, 0.2) is 5.16 Å². The smallest absolute Gasteiger partial charge is 0.251 e. The fourth-order valence-electron chi connectivity index (χ4n) is 3.81. The number of aromatic nitrogens is 3. The number of aliphatic hydroxyl groups excluding tert-OH is 1. The molecule has 11 heteroatoms. The summed E-state index contributed by atoms with van der Waals surface area (Å²) in [6, 6.07) is 16.9. The molecular weight excluding hydrogens is 578 g/mol. The number of aryl methyl sites for hydroxylation is 1. The van der Waals surface area contributed by atoms with Crippen LogP contribution in [0.4, 0.5) is 5.69 Å². The number of nitrogens with zero attached hydrogens (tertiary/aromatic N) is 3. The van der Waals surface area contributed by atoms with E-state index in [4.69, 9.17) is 11.6 Å². The van der Waals surface area contributed by atoms with Gasteiger partial charge in [0.25, 0.3) is 5.91 Å². The highest BCUT2D eigenvalue weighted by molar-refractivity contribution is 9.10. The van der Waals surface area contributed by atoms with Crippen LogP contribution in [0.5, 0.6) is 0 Å². The first-order valence-corrected chi connectivity index (χ1v) is 13.7. The molecule has 4 aromatic rings. The van der Waals surface area contributed by atoms with Gasteiger partial charge in [-0.15, -0.1) is 10.2 Å². The van der Waals surface area contributed by atoms with E-state index in [2.05, 4.69) is 61.9 Å². The molecule has 0 saturated carbocycles. The van der Waals surface area contributed by atoms with Crippen molar-refractivity contribution in [1.29, 1.82) is 0 Å². The maximum atomic E-state index is 12.7. The van der Waals surface area contributed by atoms with Crippen LogP contribution in [-0.4, -0.2) is 50.1 Å². The third kappa shape index (κ3) is 6.32. The van der Waals surface area contributed by atoms with Crippen molar-refractivity contribution in [3.8, 4) is 5.69 Å². The molecule has 1 heterocycles. The lowest BCUT2D eigenvalue weighted by Crippen LogP contribution is -2.30. The number of hydrogen-bond donors (Lipinski definition) is 3. The number of nitrogens with one attached hydrogen (secondary N) is 2. The van der Waals surface area contributed by atoms with E-state index in [9.17, 15) is 14.7 Å². The lowest BCUT2D eigenvalue weighted by Gasteiger charge is -2.13. The molecule has 0 aliphatic rings. The van der Waals surface area contributed by atoms with Crippen LogP contribution in [-0.2, 0) is 11.2 Å². The summed E-state index contributed by atoms with van der Waals surface area (Å²) >= 11 is 11.0. The molecule has 0 radical (unpaired) electrons. The maximum Gasteiger partial charge on any atom is 0.251 e. The molecule has 1 unspecified atom stereocenters. The molecule has 0 bridgehead atoms. The SMILES string of the molecule is CCc1ccc(-n2c(Br)nnc2SCC(=O)Nc2ccc(C(=O)NCC(C)O)cc2Cl)c2ccccc12. The number of carbonyl (C=O) groups excluding carboxylic acids is 2. The zero-order chi connectivity index (χ0) is 26.5. The Labute approximate surface area is 231 Å². The van der Waals surface area contributed by atoms with Gasteiger partial charge in [-0.3, -0.25) is 14.2 Å². The molecule has 0 fully saturated rings. The first kappa shape index (κ1) is 27.1. The van der Waals surface area contributed by atoms with Crippen LogP contribution >= 0.6 is 39.3 Å². The summed E-state index contributed by atoms with van der Waals surface area (Å²) in [5.41, 5.74) is 2.89. The van der Waals surface area contributed by atoms with E-state index in [1.165, 1.54) is 23.4 Å². The van der Waals surface area contributed by atoms with Crippen LogP contribution in [0.2, 0.25) is 5.02 Å². The molecular formula is C26H25BrClN5O3S. The molecule has 0 saturated heterocycles. The van der Waals surface area contributed by atoms with Gasteiger partial charge in [0, 0.05) is 17.5 Å². The molecule has 8 nitrogen and oxygen atoms in total. The van der Waals surface area contributed by atoms with Crippen LogP contribution in [0.25, 0.3) is 16.5 Å². The van der Waals surface area contributed by atoms with E-state index < -0.39 is 6.10 Å². The van der Waals surface area contributed by atoms with Gasteiger partial charge in [-0.05, 0) is 64.5 Å². The number of rotatable bonds is 9. The third-order valence-electron chi connectivity index (χ3n) is 5.60. The van der Waals surface area contributed by atoms with Crippen LogP contribution in [0.15, 0.2) is 64.5 Å². The zero-order valence-electron chi connectivity index (χ0n) is 20.2. The molecule has 1 aromatic heterocycles. The predicted octanol–water partition coefficient (Wildman–Crippen LogP) is 5.24. The van der Waals surface area contributed by atoms with Crippen LogP contribution < -0.4 is 10.6 Å². The van der Waals surface area contributed by atoms with Gasteiger partial charge in [-0.2, -0.15) is 0 Å². The number of anilines is 1. The molecule has 192 valence electrons. The highest BCUT2D eigenvalue weighted by atomic mass is 79.9. The lowest BCUT2D eigenvalue weighted by molar-refractivity contribution is -0.113. The van der Waals surface area contributed by atoms with Crippen molar-refractivity contribution in [3.05, 3.63) is 75.5 Å². The molecule has 0 spiro atoms. The Hall–Kier alpha value is -2.92. The van der Waals surface area contributed by atoms with Gasteiger partial charge < -0.3 is 15.7 Å². The van der Waals surface area contributed by atoms with E-state index in [-0.39, 0.29) is 29.1 Å². The number of amides is 2. The highest BCUT2D eigenvalue weighted by Gasteiger charge is 2.18. The van der Waals surface area contributed by atoms with Crippen molar-refractivity contribution in [1.82, 2.24) is 20.1 Å². The quantitative estimate of drug-likeness (QED) is 0.226. The topological polar surface area (TPSA) is 109 Å². The summed E-state index contributed by atoms with van der Waals surface area (Å²) in [6.07, 6.45) is 0.262. The highest BCUT2D eigenvalue weighted by Crippen LogP contribution is 2.32. The Kier molecular flexibility index (Phi) is 8.86. The molecule has 3 aromatic carbocycles. The average molecular weight is 603 g/mol. The summed E-state index contributed by atoms with van der Waals surface area (Å²) in [4.78, 5) is 24.9. The monoisotopic (exact) mass is 601 g/mol. The minimum Gasteiger partial charge on any atom is -0.392 e. The number of fused-ring (bicyclic) bond motifs is 1. The largest absolute Gasteiger partial charge is 0.392 e. The van der Waals surface area contributed by atoms with E-state index in [1.807, 2.05) is 22.8 Å². The number of halogens is 2. The molecule has 4 rings (SSSR count). The van der Waals surface area contributed by atoms with Gasteiger partial charge in [-0.25, -0.2) is 0 Å². The maximum absolute atomic E-state index is 12.7. The van der Waals surface area contributed by atoms with Crippen LogP contribution in [0.1, 0.15) is 29.8 Å². The Bertz CT molecular complexity index is 1460. The van der Waals surface area contributed by atoms with Gasteiger partial charge in [0.2, 0.25) is 10.6 Å². The predicted molar refractivity (Wildman–Crippen MR) is 151 cm³/mol. The van der Waals surface area contributed by atoms with Crippen LogP contribution in [0, 0.1) is 0 Å². The first-order chi connectivity index (χ1) is 17.8. The Morgan fingerprint density at radius 3 is 2.59 bits per heavy atom. The zero-order valence-corrected chi connectivity index (χ0v) is 23.3. The second kappa shape index (κ2) is 12.1. The normalized spacial score (nSPS) is 11.9. The third-order valence-corrected chi connectivity index (χ3v) is 7.36. The van der Waals surface area contributed by atoms with Crippen molar-refractivity contribution in [2.45, 2.75) is 31.5 Å². The summed E-state index contributed by atoms with van der Waals surface area (Å²) in [5.74, 6) is -0.570. The van der Waals surface area contributed by atoms with E-state index in [1.54, 1.807) is 19.1 Å². The van der Waals surface area contributed by atoms with Gasteiger partial charge in [0.05, 0.1) is 28.3 Å². The Morgan fingerprint density at radius 2 is 1.89 bits per heavy atom.